The van der Waals surface area contributed by atoms with Crippen molar-refractivity contribution in [2.75, 3.05) is 13.2 Å². The maximum atomic E-state index is 10.8. The summed E-state index contributed by atoms with van der Waals surface area (Å²) < 4.78 is 12.2. The Balaban J connectivity index is 2.32. The number of ether oxygens (including phenoxy) is 2. The van der Waals surface area contributed by atoms with Gasteiger partial charge in [0.15, 0.2) is 11.9 Å². The number of hydrogen-bond acceptors (Lipinski definition) is 4. The van der Waals surface area contributed by atoms with E-state index in [0.717, 1.165) is 6.54 Å². The first-order chi connectivity index (χ1) is 8.17. The Morgan fingerprint density at radius 3 is 2.88 bits per heavy atom. The average Bonchev–Trinajstić information content (AvgIpc) is 2.75. The Morgan fingerprint density at radius 1 is 1.59 bits per heavy atom. The SMILES string of the molecule is CCOC(CCOc1cnn(CC)c1)C(=O)O. The molecule has 0 aliphatic heterocycles. The minimum atomic E-state index is -0.959. The van der Waals surface area contributed by atoms with Crippen LogP contribution in [0.25, 0.3) is 0 Å². The van der Waals surface area contributed by atoms with Crippen molar-refractivity contribution in [3.05, 3.63) is 12.4 Å². The Kier molecular flexibility index (Phi) is 5.48. The summed E-state index contributed by atoms with van der Waals surface area (Å²) in [6.45, 7) is 5.20. The van der Waals surface area contributed by atoms with E-state index in [1.165, 1.54) is 0 Å². The summed E-state index contributed by atoms with van der Waals surface area (Å²) in [4.78, 5) is 10.8. The highest BCUT2D eigenvalue weighted by Crippen LogP contribution is 2.09. The topological polar surface area (TPSA) is 73.6 Å². The third-order valence-corrected chi connectivity index (χ3v) is 2.23. The van der Waals surface area contributed by atoms with Crippen LogP contribution in [0.5, 0.6) is 5.75 Å². The maximum Gasteiger partial charge on any atom is 0.332 e. The molecular formula is C11H18N2O4. The predicted molar refractivity (Wildman–Crippen MR) is 61.1 cm³/mol. The summed E-state index contributed by atoms with van der Waals surface area (Å²) in [5.74, 6) is -0.313. The summed E-state index contributed by atoms with van der Waals surface area (Å²) in [6.07, 6.45) is 2.90. The molecule has 0 aliphatic rings. The smallest absolute Gasteiger partial charge is 0.332 e. The molecule has 0 saturated carbocycles. The number of carboxylic acid groups (broad SMARTS) is 1. The lowest BCUT2D eigenvalue weighted by atomic mass is 10.2. The highest BCUT2D eigenvalue weighted by molar-refractivity contribution is 5.72. The minimum absolute atomic E-state index is 0.298. The van der Waals surface area contributed by atoms with Crippen LogP contribution in [0.15, 0.2) is 12.4 Å². The van der Waals surface area contributed by atoms with Crippen molar-refractivity contribution in [2.24, 2.45) is 0 Å². The quantitative estimate of drug-likeness (QED) is 0.740. The maximum absolute atomic E-state index is 10.8. The van der Waals surface area contributed by atoms with Crippen LogP contribution in [0.3, 0.4) is 0 Å². The van der Waals surface area contributed by atoms with Crippen LogP contribution in [0, 0.1) is 0 Å². The van der Waals surface area contributed by atoms with E-state index in [-0.39, 0.29) is 0 Å². The fourth-order valence-corrected chi connectivity index (χ4v) is 1.36. The number of aromatic nitrogens is 2. The summed E-state index contributed by atoms with van der Waals surface area (Å²) in [5, 5.41) is 12.9. The summed E-state index contributed by atoms with van der Waals surface area (Å²) >= 11 is 0. The van der Waals surface area contributed by atoms with Crippen LogP contribution in [-0.2, 0) is 16.1 Å². The largest absolute Gasteiger partial charge is 0.490 e. The molecule has 6 heteroatoms. The molecule has 0 aromatic carbocycles. The lowest BCUT2D eigenvalue weighted by Crippen LogP contribution is -2.26. The van der Waals surface area contributed by atoms with Crippen molar-refractivity contribution in [1.29, 1.82) is 0 Å². The van der Waals surface area contributed by atoms with E-state index in [4.69, 9.17) is 14.6 Å². The number of aryl methyl sites for hydroxylation is 1. The zero-order valence-corrected chi connectivity index (χ0v) is 10.1. The first kappa shape index (κ1) is 13.5. The van der Waals surface area contributed by atoms with Gasteiger partial charge >= 0.3 is 5.97 Å². The number of aliphatic carboxylic acids is 1. The van der Waals surface area contributed by atoms with Gasteiger partial charge in [0.2, 0.25) is 0 Å². The molecule has 0 fully saturated rings. The second-order valence-corrected chi connectivity index (χ2v) is 3.45. The van der Waals surface area contributed by atoms with Crippen molar-refractivity contribution >= 4 is 5.97 Å². The highest BCUT2D eigenvalue weighted by Gasteiger charge is 2.17. The average molecular weight is 242 g/mol. The molecule has 1 N–H and O–H groups in total. The van der Waals surface area contributed by atoms with Crippen LogP contribution in [0.1, 0.15) is 20.3 Å². The van der Waals surface area contributed by atoms with Gasteiger partial charge in [-0.25, -0.2) is 4.79 Å². The Morgan fingerprint density at radius 2 is 2.35 bits per heavy atom. The second-order valence-electron chi connectivity index (χ2n) is 3.45. The number of carboxylic acids is 1. The van der Waals surface area contributed by atoms with E-state index in [2.05, 4.69) is 5.10 Å². The fraction of sp³-hybridized carbons (Fsp3) is 0.636. The van der Waals surface area contributed by atoms with Gasteiger partial charge in [0.1, 0.15) is 0 Å². The molecule has 0 bridgehead atoms. The monoisotopic (exact) mass is 242 g/mol. The van der Waals surface area contributed by atoms with Gasteiger partial charge in [-0.3, -0.25) is 4.68 Å². The van der Waals surface area contributed by atoms with E-state index in [0.29, 0.717) is 25.4 Å². The van der Waals surface area contributed by atoms with E-state index in [1.54, 1.807) is 24.0 Å². The fourth-order valence-electron chi connectivity index (χ4n) is 1.36. The molecule has 17 heavy (non-hydrogen) atoms. The van der Waals surface area contributed by atoms with Gasteiger partial charge in [0, 0.05) is 19.6 Å². The van der Waals surface area contributed by atoms with Gasteiger partial charge in [0.05, 0.1) is 19.0 Å². The Bertz CT molecular complexity index is 351. The van der Waals surface area contributed by atoms with Crippen LogP contribution in [0.2, 0.25) is 0 Å². The van der Waals surface area contributed by atoms with Crippen molar-refractivity contribution < 1.29 is 19.4 Å². The third-order valence-electron chi connectivity index (χ3n) is 2.23. The van der Waals surface area contributed by atoms with Gasteiger partial charge in [-0.1, -0.05) is 0 Å². The third kappa shape index (κ3) is 4.44. The number of nitrogens with zero attached hydrogens (tertiary/aromatic N) is 2. The predicted octanol–water partition coefficient (Wildman–Crippen LogP) is 1.16. The molecule has 0 aliphatic carbocycles. The molecule has 0 radical (unpaired) electrons. The minimum Gasteiger partial charge on any atom is -0.490 e. The number of hydrogen-bond donors (Lipinski definition) is 1. The van der Waals surface area contributed by atoms with Gasteiger partial charge in [-0.2, -0.15) is 5.10 Å². The summed E-state index contributed by atoms with van der Waals surface area (Å²) in [7, 11) is 0. The molecule has 0 amide bonds. The molecule has 0 saturated heterocycles. The van der Waals surface area contributed by atoms with Gasteiger partial charge in [-0.05, 0) is 13.8 Å². The standard InChI is InChI=1S/C11H18N2O4/c1-3-13-8-9(7-12-13)17-6-5-10(11(14)15)16-4-2/h7-8,10H,3-6H2,1-2H3,(H,14,15). The molecule has 1 rings (SSSR count). The van der Waals surface area contributed by atoms with Gasteiger partial charge < -0.3 is 14.6 Å². The van der Waals surface area contributed by atoms with Gasteiger partial charge in [0.25, 0.3) is 0 Å². The zero-order chi connectivity index (χ0) is 12.7. The Hall–Kier alpha value is -1.56. The number of carbonyl (C=O) groups is 1. The first-order valence-electron chi connectivity index (χ1n) is 5.67. The summed E-state index contributed by atoms with van der Waals surface area (Å²) in [6, 6.07) is 0. The molecule has 0 spiro atoms. The van der Waals surface area contributed by atoms with Crippen molar-refractivity contribution in [2.45, 2.75) is 32.9 Å². The highest BCUT2D eigenvalue weighted by atomic mass is 16.5. The first-order valence-corrected chi connectivity index (χ1v) is 5.67. The summed E-state index contributed by atoms with van der Waals surface area (Å²) in [5.41, 5.74) is 0. The lowest BCUT2D eigenvalue weighted by molar-refractivity contribution is -0.150. The van der Waals surface area contributed by atoms with E-state index < -0.39 is 12.1 Å². The van der Waals surface area contributed by atoms with Gasteiger partial charge in [-0.15, -0.1) is 0 Å². The normalized spacial score (nSPS) is 12.4. The molecule has 1 atom stereocenters. The van der Waals surface area contributed by atoms with E-state index >= 15 is 0 Å². The molecular weight excluding hydrogens is 224 g/mol. The molecule has 96 valence electrons. The van der Waals surface area contributed by atoms with Crippen molar-refractivity contribution in [3.8, 4) is 5.75 Å². The second kappa shape index (κ2) is 6.90. The molecule has 1 aromatic heterocycles. The van der Waals surface area contributed by atoms with Crippen LogP contribution in [0.4, 0.5) is 0 Å². The lowest BCUT2D eigenvalue weighted by Gasteiger charge is -2.12. The van der Waals surface area contributed by atoms with Crippen LogP contribution < -0.4 is 4.74 Å². The molecule has 1 heterocycles. The molecule has 6 nitrogen and oxygen atoms in total. The van der Waals surface area contributed by atoms with Crippen molar-refractivity contribution in [1.82, 2.24) is 9.78 Å². The Labute approximate surface area is 100 Å². The number of rotatable bonds is 8. The van der Waals surface area contributed by atoms with Crippen LogP contribution >= 0.6 is 0 Å². The molecule has 1 unspecified atom stereocenters. The van der Waals surface area contributed by atoms with E-state index in [1.807, 2.05) is 6.92 Å². The van der Waals surface area contributed by atoms with Crippen molar-refractivity contribution in [3.63, 3.8) is 0 Å². The van der Waals surface area contributed by atoms with E-state index in [9.17, 15) is 4.79 Å². The zero-order valence-electron chi connectivity index (χ0n) is 10.1. The van der Waals surface area contributed by atoms with Crippen LogP contribution in [-0.4, -0.2) is 40.2 Å². The molecule has 1 aromatic rings.